The highest BCUT2D eigenvalue weighted by molar-refractivity contribution is 5.62. The fraction of sp³-hybridized carbons (Fsp3) is 0.143. The molecule has 0 saturated heterocycles. The van der Waals surface area contributed by atoms with Crippen molar-refractivity contribution in [3.8, 4) is 23.0 Å². The Morgan fingerprint density at radius 2 is 1.72 bits per heavy atom. The summed E-state index contributed by atoms with van der Waals surface area (Å²) in [5.41, 5.74) is 2.07. The summed E-state index contributed by atoms with van der Waals surface area (Å²) in [5.74, 6) is 3.29. The predicted octanol–water partition coefficient (Wildman–Crippen LogP) is 4.79. The first kappa shape index (κ1) is 14.2. The minimum absolute atomic E-state index is 0.0398. The number of fused-ring (bicyclic) bond motifs is 1. The van der Waals surface area contributed by atoms with E-state index in [0.29, 0.717) is 6.61 Å². The molecule has 4 heteroatoms. The Hall–Kier alpha value is -3.14. The van der Waals surface area contributed by atoms with Crippen molar-refractivity contribution >= 4 is 5.69 Å². The Kier molecular flexibility index (Phi) is 3.27. The second-order valence-corrected chi connectivity index (χ2v) is 6.18. The van der Waals surface area contributed by atoms with E-state index in [1.807, 2.05) is 66.7 Å². The van der Waals surface area contributed by atoms with Crippen molar-refractivity contribution in [1.29, 1.82) is 0 Å². The highest BCUT2D eigenvalue weighted by Crippen LogP contribution is 2.47. The molecule has 1 N–H and O–H groups in total. The maximum atomic E-state index is 6.06. The molecule has 4 nitrogen and oxygen atoms in total. The second kappa shape index (κ2) is 5.74. The van der Waals surface area contributed by atoms with Gasteiger partial charge in [-0.05, 0) is 30.3 Å². The topological polar surface area (TPSA) is 39.7 Å². The third-order valence-electron chi connectivity index (χ3n) is 4.56. The zero-order valence-electron chi connectivity index (χ0n) is 13.5. The van der Waals surface area contributed by atoms with E-state index >= 15 is 0 Å². The summed E-state index contributed by atoms with van der Waals surface area (Å²) in [7, 11) is 0. The molecule has 0 aromatic heterocycles. The summed E-state index contributed by atoms with van der Waals surface area (Å²) >= 11 is 0. The van der Waals surface area contributed by atoms with Crippen LogP contribution in [0.25, 0.3) is 0 Å². The Labute approximate surface area is 146 Å². The first-order chi connectivity index (χ1) is 12.4. The van der Waals surface area contributed by atoms with Crippen LogP contribution in [0.2, 0.25) is 0 Å². The molecule has 2 atom stereocenters. The molecule has 3 aromatic rings. The molecule has 4 bridgehead atoms. The average molecular weight is 331 g/mol. The highest BCUT2D eigenvalue weighted by Gasteiger charge is 2.39. The van der Waals surface area contributed by atoms with Crippen LogP contribution in [0.3, 0.4) is 0 Å². The number of para-hydroxylation sites is 4. The lowest BCUT2D eigenvalue weighted by molar-refractivity contribution is 0.0548. The lowest BCUT2D eigenvalue weighted by Crippen LogP contribution is -2.43. The van der Waals surface area contributed by atoms with Crippen molar-refractivity contribution < 1.29 is 14.2 Å². The van der Waals surface area contributed by atoms with Gasteiger partial charge < -0.3 is 19.5 Å². The van der Waals surface area contributed by atoms with E-state index in [1.165, 1.54) is 0 Å². The molecule has 25 heavy (non-hydrogen) atoms. The van der Waals surface area contributed by atoms with Crippen LogP contribution in [-0.4, -0.2) is 12.7 Å². The molecule has 0 radical (unpaired) electrons. The Bertz CT molecular complexity index is 910. The van der Waals surface area contributed by atoms with E-state index in [1.54, 1.807) is 0 Å². The SMILES string of the molecule is c1ccc(Oc2ccccc2NC2c3cccc4c3OCC2O4)cc1. The van der Waals surface area contributed by atoms with Crippen molar-refractivity contribution in [2.45, 2.75) is 12.1 Å². The fourth-order valence-corrected chi connectivity index (χ4v) is 3.38. The van der Waals surface area contributed by atoms with Crippen LogP contribution in [0.4, 0.5) is 5.69 Å². The van der Waals surface area contributed by atoms with Crippen LogP contribution in [0.5, 0.6) is 23.0 Å². The molecule has 2 unspecified atom stereocenters. The van der Waals surface area contributed by atoms with Crippen LogP contribution in [0.1, 0.15) is 11.6 Å². The van der Waals surface area contributed by atoms with Gasteiger partial charge in [0.2, 0.25) is 0 Å². The van der Waals surface area contributed by atoms with Crippen LogP contribution in [0.15, 0.2) is 72.8 Å². The molecular weight excluding hydrogens is 314 g/mol. The van der Waals surface area contributed by atoms with Gasteiger partial charge in [-0.25, -0.2) is 0 Å². The van der Waals surface area contributed by atoms with Gasteiger partial charge in [0.15, 0.2) is 23.4 Å². The zero-order chi connectivity index (χ0) is 16.6. The van der Waals surface area contributed by atoms with Gasteiger partial charge in [-0.3, -0.25) is 0 Å². The Morgan fingerprint density at radius 1 is 0.880 bits per heavy atom. The minimum Gasteiger partial charge on any atom is -0.485 e. The fourth-order valence-electron chi connectivity index (χ4n) is 3.38. The largest absolute Gasteiger partial charge is 0.485 e. The molecule has 3 aromatic carbocycles. The van der Waals surface area contributed by atoms with Gasteiger partial charge in [0.05, 0.1) is 11.7 Å². The molecule has 6 rings (SSSR count). The standard InChI is InChI=1S/C21H17NO3/c1-2-7-14(8-3-1)24-17-11-5-4-10-16(17)22-20-15-9-6-12-18-21(15)23-13-19(20)25-18/h1-12,19-20,22H,13H2. The summed E-state index contributed by atoms with van der Waals surface area (Å²) in [6.07, 6.45) is -0.0477. The van der Waals surface area contributed by atoms with E-state index in [2.05, 4.69) is 11.4 Å². The molecule has 0 fully saturated rings. The molecule has 124 valence electrons. The minimum atomic E-state index is -0.0477. The third-order valence-corrected chi connectivity index (χ3v) is 4.56. The van der Waals surface area contributed by atoms with Crippen LogP contribution in [-0.2, 0) is 0 Å². The quantitative estimate of drug-likeness (QED) is 0.746. The molecule has 3 aliphatic heterocycles. The van der Waals surface area contributed by atoms with Gasteiger partial charge >= 0.3 is 0 Å². The monoisotopic (exact) mass is 331 g/mol. The van der Waals surface area contributed by atoms with Gasteiger partial charge in [-0.1, -0.05) is 42.5 Å². The summed E-state index contributed by atoms with van der Waals surface area (Å²) in [4.78, 5) is 0. The Morgan fingerprint density at radius 3 is 2.64 bits per heavy atom. The number of hydrogen-bond acceptors (Lipinski definition) is 4. The molecule has 3 heterocycles. The molecule has 0 saturated carbocycles. The van der Waals surface area contributed by atoms with Gasteiger partial charge in [-0.15, -0.1) is 0 Å². The smallest absolute Gasteiger partial charge is 0.166 e. The van der Waals surface area contributed by atoms with Crippen molar-refractivity contribution in [2.75, 3.05) is 11.9 Å². The second-order valence-electron chi connectivity index (χ2n) is 6.18. The van der Waals surface area contributed by atoms with Gasteiger partial charge in [-0.2, -0.15) is 0 Å². The number of ether oxygens (including phenoxy) is 3. The number of nitrogens with one attached hydrogen (secondary N) is 1. The molecule has 0 amide bonds. The van der Waals surface area contributed by atoms with Crippen molar-refractivity contribution in [3.05, 3.63) is 78.4 Å². The molecule has 3 aliphatic rings. The van der Waals surface area contributed by atoms with Crippen LogP contribution < -0.4 is 19.5 Å². The number of hydrogen-bond donors (Lipinski definition) is 1. The number of rotatable bonds is 4. The van der Waals surface area contributed by atoms with E-state index in [4.69, 9.17) is 14.2 Å². The van der Waals surface area contributed by atoms with Gasteiger partial charge in [0.25, 0.3) is 0 Å². The van der Waals surface area contributed by atoms with Crippen molar-refractivity contribution in [2.24, 2.45) is 0 Å². The van der Waals surface area contributed by atoms with Gasteiger partial charge in [0.1, 0.15) is 12.4 Å². The third kappa shape index (κ3) is 2.47. The normalized spacial score (nSPS) is 19.7. The van der Waals surface area contributed by atoms with E-state index in [-0.39, 0.29) is 12.1 Å². The molecule has 0 aliphatic carbocycles. The summed E-state index contributed by atoms with van der Waals surface area (Å²) in [6.45, 7) is 0.559. The maximum Gasteiger partial charge on any atom is 0.166 e. The van der Waals surface area contributed by atoms with Crippen molar-refractivity contribution in [1.82, 2.24) is 0 Å². The first-order valence-electron chi connectivity index (χ1n) is 8.39. The van der Waals surface area contributed by atoms with Gasteiger partial charge in [0, 0.05) is 5.56 Å². The maximum absolute atomic E-state index is 6.06. The van der Waals surface area contributed by atoms with E-state index in [0.717, 1.165) is 34.2 Å². The lowest BCUT2D eigenvalue weighted by Gasteiger charge is -2.40. The summed E-state index contributed by atoms with van der Waals surface area (Å²) < 4.78 is 17.9. The first-order valence-corrected chi connectivity index (χ1v) is 8.39. The Balaban J connectivity index is 1.47. The number of benzene rings is 3. The average Bonchev–Trinajstić information content (AvgIpc) is 2.67. The van der Waals surface area contributed by atoms with E-state index < -0.39 is 0 Å². The van der Waals surface area contributed by atoms with E-state index in [9.17, 15) is 0 Å². The summed E-state index contributed by atoms with van der Waals surface area (Å²) in [6, 6.07) is 23.8. The predicted molar refractivity (Wildman–Crippen MR) is 95.7 cm³/mol. The van der Waals surface area contributed by atoms with Crippen molar-refractivity contribution in [3.63, 3.8) is 0 Å². The van der Waals surface area contributed by atoms with Crippen LogP contribution >= 0.6 is 0 Å². The highest BCUT2D eigenvalue weighted by atomic mass is 16.6. The summed E-state index contributed by atoms with van der Waals surface area (Å²) in [5, 5.41) is 3.59. The van der Waals surface area contributed by atoms with Crippen LogP contribution in [0, 0.1) is 0 Å². The lowest BCUT2D eigenvalue weighted by atomic mass is 9.94. The number of anilines is 1. The molecule has 0 spiro atoms. The molecular formula is C21H17NO3. The zero-order valence-corrected chi connectivity index (χ0v) is 13.5.